The van der Waals surface area contributed by atoms with E-state index in [1.54, 1.807) is 6.20 Å². The van der Waals surface area contributed by atoms with Crippen LogP contribution in [0.2, 0.25) is 4.34 Å². The van der Waals surface area contributed by atoms with Gasteiger partial charge in [0.05, 0.1) is 16.6 Å². The number of aryl methyl sites for hydroxylation is 1. The molecule has 0 aliphatic carbocycles. The molecule has 0 radical (unpaired) electrons. The van der Waals surface area contributed by atoms with Crippen LogP contribution >= 0.6 is 22.9 Å². The molecule has 0 aromatic carbocycles. The van der Waals surface area contributed by atoms with Crippen LogP contribution in [0.1, 0.15) is 29.9 Å². The van der Waals surface area contributed by atoms with Crippen molar-refractivity contribution < 1.29 is 5.11 Å². The van der Waals surface area contributed by atoms with Crippen LogP contribution in [0.15, 0.2) is 24.5 Å². The number of aromatic nitrogens is 2. The van der Waals surface area contributed by atoms with Crippen molar-refractivity contribution in [1.29, 1.82) is 0 Å². The summed E-state index contributed by atoms with van der Waals surface area (Å²) in [6.07, 6.45) is 4.77. The molecule has 5 heteroatoms. The normalized spacial score (nSPS) is 12.9. The van der Waals surface area contributed by atoms with Gasteiger partial charge in [-0.05, 0) is 18.6 Å². The predicted molar refractivity (Wildman–Crippen MR) is 70.5 cm³/mol. The number of thiophene rings is 1. The Hall–Kier alpha value is -0.840. The second-order valence-electron chi connectivity index (χ2n) is 3.96. The minimum Gasteiger partial charge on any atom is -0.388 e. The van der Waals surface area contributed by atoms with Crippen molar-refractivity contribution in [3.05, 3.63) is 39.3 Å². The van der Waals surface area contributed by atoms with E-state index in [0.29, 0.717) is 6.42 Å². The first kappa shape index (κ1) is 12.6. The van der Waals surface area contributed by atoms with Gasteiger partial charge in [0.2, 0.25) is 0 Å². The molecule has 2 heterocycles. The third-order valence-electron chi connectivity index (χ3n) is 2.51. The van der Waals surface area contributed by atoms with Crippen molar-refractivity contribution in [1.82, 2.24) is 9.78 Å². The lowest BCUT2D eigenvalue weighted by Crippen LogP contribution is -2.00. The highest BCUT2D eigenvalue weighted by Crippen LogP contribution is 2.26. The largest absolute Gasteiger partial charge is 0.388 e. The molecule has 17 heavy (non-hydrogen) atoms. The zero-order chi connectivity index (χ0) is 12.3. The number of halogens is 1. The zero-order valence-corrected chi connectivity index (χ0v) is 11.2. The quantitative estimate of drug-likeness (QED) is 0.905. The number of aliphatic hydroxyl groups excluding tert-OH is 1. The summed E-state index contributed by atoms with van der Waals surface area (Å²) in [5, 5.41) is 14.3. The molecule has 2 aromatic heterocycles. The van der Waals surface area contributed by atoms with Gasteiger partial charge in [-0.15, -0.1) is 11.3 Å². The topological polar surface area (TPSA) is 38.0 Å². The van der Waals surface area contributed by atoms with Gasteiger partial charge in [-0.1, -0.05) is 18.5 Å². The maximum atomic E-state index is 10.1. The first-order chi connectivity index (χ1) is 8.19. The summed E-state index contributed by atoms with van der Waals surface area (Å²) >= 11 is 7.36. The van der Waals surface area contributed by atoms with E-state index in [-0.39, 0.29) is 0 Å². The van der Waals surface area contributed by atoms with E-state index in [1.165, 1.54) is 11.3 Å². The maximum Gasteiger partial charge on any atom is 0.0931 e. The highest BCUT2D eigenvalue weighted by atomic mass is 35.5. The molecular weight excluding hydrogens is 256 g/mol. The van der Waals surface area contributed by atoms with Gasteiger partial charge < -0.3 is 5.11 Å². The van der Waals surface area contributed by atoms with Crippen LogP contribution in [0.5, 0.6) is 0 Å². The Bertz CT molecular complexity index is 480. The first-order valence-electron chi connectivity index (χ1n) is 5.63. The fourth-order valence-electron chi connectivity index (χ4n) is 1.67. The van der Waals surface area contributed by atoms with E-state index in [0.717, 1.165) is 27.7 Å². The molecule has 0 spiro atoms. The van der Waals surface area contributed by atoms with E-state index < -0.39 is 6.10 Å². The van der Waals surface area contributed by atoms with Gasteiger partial charge in [0, 0.05) is 29.6 Å². The molecule has 92 valence electrons. The van der Waals surface area contributed by atoms with E-state index in [2.05, 4.69) is 12.0 Å². The molecule has 2 rings (SSSR count). The molecule has 1 N–H and O–H groups in total. The number of hydrogen-bond acceptors (Lipinski definition) is 3. The highest BCUT2D eigenvalue weighted by molar-refractivity contribution is 7.16. The predicted octanol–water partition coefficient (Wildman–Crippen LogP) is 3.28. The molecule has 0 saturated carbocycles. The van der Waals surface area contributed by atoms with Gasteiger partial charge in [-0.2, -0.15) is 5.10 Å². The van der Waals surface area contributed by atoms with E-state index in [9.17, 15) is 5.11 Å². The van der Waals surface area contributed by atoms with Crippen LogP contribution in [-0.4, -0.2) is 14.9 Å². The van der Waals surface area contributed by atoms with Gasteiger partial charge in [-0.25, -0.2) is 0 Å². The zero-order valence-electron chi connectivity index (χ0n) is 9.64. The van der Waals surface area contributed by atoms with Crippen LogP contribution < -0.4 is 0 Å². The Morgan fingerprint density at radius 3 is 3.00 bits per heavy atom. The fourth-order valence-corrected chi connectivity index (χ4v) is 2.80. The molecular formula is C12H15ClN2OS. The second-order valence-corrected chi connectivity index (χ2v) is 5.76. The summed E-state index contributed by atoms with van der Waals surface area (Å²) in [6, 6.07) is 3.81. The monoisotopic (exact) mass is 270 g/mol. The summed E-state index contributed by atoms with van der Waals surface area (Å²) in [5.74, 6) is 0. The summed E-state index contributed by atoms with van der Waals surface area (Å²) in [7, 11) is 0. The Kier molecular flexibility index (Phi) is 4.20. The Morgan fingerprint density at radius 1 is 1.53 bits per heavy atom. The Balaban J connectivity index is 2.01. The molecule has 0 aliphatic heterocycles. The summed E-state index contributed by atoms with van der Waals surface area (Å²) < 4.78 is 2.62. The molecule has 1 unspecified atom stereocenters. The SMILES string of the molecule is CCCn1cc(C(O)Cc2ccc(Cl)s2)cn1. The van der Waals surface area contributed by atoms with Crippen LogP contribution in [0.25, 0.3) is 0 Å². The fraction of sp³-hybridized carbons (Fsp3) is 0.417. The van der Waals surface area contributed by atoms with Crippen LogP contribution in [0.4, 0.5) is 0 Å². The van der Waals surface area contributed by atoms with E-state index >= 15 is 0 Å². The van der Waals surface area contributed by atoms with E-state index in [4.69, 9.17) is 11.6 Å². The van der Waals surface area contributed by atoms with Gasteiger partial charge in [0.25, 0.3) is 0 Å². The Morgan fingerprint density at radius 2 is 2.35 bits per heavy atom. The lowest BCUT2D eigenvalue weighted by Gasteiger charge is -2.05. The second kappa shape index (κ2) is 5.67. The molecule has 0 saturated heterocycles. The van der Waals surface area contributed by atoms with Crippen molar-refractivity contribution in [2.45, 2.75) is 32.4 Å². The minimum atomic E-state index is -0.504. The van der Waals surface area contributed by atoms with Crippen molar-refractivity contribution in [3.63, 3.8) is 0 Å². The number of aliphatic hydroxyl groups is 1. The van der Waals surface area contributed by atoms with Gasteiger partial charge in [0.1, 0.15) is 0 Å². The van der Waals surface area contributed by atoms with Crippen LogP contribution in [0, 0.1) is 0 Å². The third kappa shape index (κ3) is 3.31. The van der Waals surface area contributed by atoms with Gasteiger partial charge in [-0.3, -0.25) is 4.68 Å². The van der Waals surface area contributed by atoms with Crippen LogP contribution in [-0.2, 0) is 13.0 Å². The highest BCUT2D eigenvalue weighted by Gasteiger charge is 2.12. The number of nitrogens with zero attached hydrogens (tertiary/aromatic N) is 2. The smallest absolute Gasteiger partial charge is 0.0931 e. The Labute approximate surface area is 110 Å². The molecule has 0 aliphatic rings. The standard InChI is InChI=1S/C12H15ClN2OS/c1-2-5-15-8-9(7-14-15)11(16)6-10-3-4-12(13)17-10/h3-4,7-8,11,16H,2,5-6H2,1H3. The summed E-state index contributed by atoms with van der Waals surface area (Å²) in [6.45, 7) is 2.99. The molecule has 2 aromatic rings. The lowest BCUT2D eigenvalue weighted by molar-refractivity contribution is 0.179. The van der Waals surface area contributed by atoms with Crippen molar-refractivity contribution in [2.24, 2.45) is 0 Å². The lowest BCUT2D eigenvalue weighted by atomic mass is 10.1. The van der Waals surface area contributed by atoms with Crippen molar-refractivity contribution in [2.75, 3.05) is 0 Å². The molecule has 0 bridgehead atoms. The summed E-state index contributed by atoms with van der Waals surface area (Å²) in [5.41, 5.74) is 0.864. The van der Waals surface area contributed by atoms with Gasteiger partial charge in [0.15, 0.2) is 0 Å². The third-order valence-corrected chi connectivity index (χ3v) is 3.77. The number of rotatable bonds is 5. The van der Waals surface area contributed by atoms with Gasteiger partial charge >= 0.3 is 0 Å². The maximum absolute atomic E-state index is 10.1. The molecule has 0 amide bonds. The van der Waals surface area contributed by atoms with E-state index in [1.807, 2.05) is 23.0 Å². The molecule has 3 nitrogen and oxygen atoms in total. The minimum absolute atomic E-state index is 0.504. The first-order valence-corrected chi connectivity index (χ1v) is 6.83. The summed E-state index contributed by atoms with van der Waals surface area (Å²) in [4.78, 5) is 1.09. The average Bonchev–Trinajstić information content (AvgIpc) is 2.88. The number of hydrogen-bond donors (Lipinski definition) is 1. The average molecular weight is 271 g/mol. The van der Waals surface area contributed by atoms with Crippen molar-refractivity contribution in [3.8, 4) is 0 Å². The van der Waals surface area contributed by atoms with Crippen molar-refractivity contribution >= 4 is 22.9 Å². The molecule has 1 atom stereocenters. The van der Waals surface area contributed by atoms with Crippen LogP contribution in [0.3, 0.4) is 0 Å². The molecule has 0 fully saturated rings.